The van der Waals surface area contributed by atoms with Crippen LogP contribution in [0.5, 0.6) is 0 Å². The molecule has 1 fully saturated rings. The first-order valence-corrected chi connectivity index (χ1v) is 5.92. The molecule has 0 atom stereocenters. The average Bonchev–Trinajstić information content (AvgIpc) is 2.62. The first-order valence-electron chi connectivity index (χ1n) is 5.92. The molecule has 1 amide bonds. The lowest BCUT2D eigenvalue weighted by Gasteiger charge is -2.20. The van der Waals surface area contributed by atoms with Gasteiger partial charge in [0.15, 0.2) is 5.96 Å². The number of guanidine groups is 1. The van der Waals surface area contributed by atoms with E-state index < -0.39 is 0 Å². The van der Waals surface area contributed by atoms with Gasteiger partial charge in [0.2, 0.25) is 5.91 Å². The van der Waals surface area contributed by atoms with Crippen LogP contribution in [0.25, 0.3) is 0 Å². The van der Waals surface area contributed by atoms with Crippen LogP contribution < -0.4 is 11.1 Å². The van der Waals surface area contributed by atoms with Crippen molar-refractivity contribution >= 4 is 35.8 Å². The third kappa shape index (κ3) is 6.64. The Kier molecular flexibility index (Phi) is 9.36. The van der Waals surface area contributed by atoms with E-state index in [4.69, 9.17) is 11.0 Å². The molecule has 7 heteroatoms. The number of amides is 1. The number of rotatable bonds is 3. The fourth-order valence-corrected chi connectivity index (χ4v) is 1.75. The standard InChI is InChI=1S/C11H19N5O.HI/c12-5-6-14-10(17)9-15-11(13)16-7-3-1-2-4-8-16;/h1-4,6-9H2,(H2,13,15)(H,14,17);1H. The molecule has 1 saturated heterocycles. The summed E-state index contributed by atoms with van der Waals surface area (Å²) in [6.45, 7) is 1.83. The van der Waals surface area contributed by atoms with Crippen molar-refractivity contribution in [2.75, 3.05) is 26.2 Å². The van der Waals surface area contributed by atoms with E-state index in [1.54, 1.807) is 0 Å². The van der Waals surface area contributed by atoms with Crippen molar-refractivity contribution in [2.45, 2.75) is 25.7 Å². The van der Waals surface area contributed by atoms with Gasteiger partial charge in [-0.2, -0.15) is 5.26 Å². The molecule has 102 valence electrons. The van der Waals surface area contributed by atoms with Gasteiger partial charge in [-0.05, 0) is 12.8 Å². The van der Waals surface area contributed by atoms with Gasteiger partial charge in [0.1, 0.15) is 13.1 Å². The van der Waals surface area contributed by atoms with E-state index in [0.29, 0.717) is 5.96 Å². The number of likely N-dealkylation sites (tertiary alicyclic amines) is 1. The molecule has 0 aromatic carbocycles. The Labute approximate surface area is 125 Å². The first-order chi connectivity index (χ1) is 8.24. The summed E-state index contributed by atoms with van der Waals surface area (Å²) in [6.07, 6.45) is 4.70. The highest BCUT2D eigenvalue weighted by Gasteiger charge is 2.11. The highest BCUT2D eigenvalue weighted by atomic mass is 127. The Balaban J connectivity index is 0.00000289. The summed E-state index contributed by atoms with van der Waals surface area (Å²) in [5.41, 5.74) is 5.83. The van der Waals surface area contributed by atoms with Crippen molar-refractivity contribution < 1.29 is 4.79 Å². The monoisotopic (exact) mass is 365 g/mol. The molecule has 0 aromatic heterocycles. The normalized spacial score (nSPS) is 16.2. The summed E-state index contributed by atoms with van der Waals surface area (Å²) >= 11 is 0. The fourth-order valence-electron chi connectivity index (χ4n) is 1.75. The zero-order chi connectivity index (χ0) is 12.5. The van der Waals surface area contributed by atoms with Gasteiger partial charge < -0.3 is 16.0 Å². The molecule has 3 N–H and O–H groups in total. The molecule has 0 radical (unpaired) electrons. The van der Waals surface area contributed by atoms with E-state index in [-0.39, 0.29) is 43.0 Å². The summed E-state index contributed by atoms with van der Waals surface area (Å²) in [7, 11) is 0. The Morgan fingerprint density at radius 2 is 1.94 bits per heavy atom. The summed E-state index contributed by atoms with van der Waals surface area (Å²) in [5.74, 6) is 0.156. The first kappa shape index (κ1) is 17.0. The van der Waals surface area contributed by atoms with Gasteiger partial charge in [-0.1, -0.05) is 12.8 Å². The highest BCUT2D eigenvalue weighted by Crippen LogP contribution is 2.08. The van der Waals surface area contributed by atoms with E-state index in [2.05, 4.69) is 10.3 Å². The molecule has 0 saturated carbocycles. The molecule has 0 aromatic rings. The minimum absolute atomic E-state index is 0. The van der Waals surface area contributed by atoms with Crippen LogP contribution in [-0.2, 0) is 4.79 Å². The summed E-state index contributed by atoms with van der Waals surface area (Å²) < 4.78 is 0. The van der Waals surface area contributed by atoms with Gasteiger partial charge in [-0.3, -0.25) is 4.79 Å². The topological polar surface area (TPSA) is 94.5 Å². The number of nitrogens with zero attached hydrogens (tertiary/aromatic N) is 3. The number of hydrogen-bond acceptors (Lipinski definition) is 3. The van der Waals surface area contributed by atoms with Crippen molar-refractivity contribution in [1.82, 2.24) is 10.2 Å². The lowest BCUT2D eigenvalue weighted by molar-refractivity contribution is -0.119. The second kappa shape index (κ2) is 9.94. The SMILES string of the molecule is I.N#CCNC(=O)CN=C(N)N1CCCCCC1. The van der Waals surface area contributed by atoms with Gasteiger partial charge in [-0.15, -0.1) is 24.0 Å². The third-order valence-electron chi connectivity index (χ3n) is 2.68. The summed E-state index contributed by atoms with van der Waals surface area (Å²) in [5, 5.41) is 10.7. The molecule has 1 heterocycles. The molecule has 0 bridgehead atoms. The van der Waals surface area contributed by atoms with Gasteiger partial charge in [-0.25, -0.2) is 4.99 Å². The number of halogens is 1. The van der Waals surface area contributed by atoms with Crippen LogP contribution in [0.2, 0.25) is 0 Å². The molecule has 1 aliphatic rings. The van der Waals surface area contributed by atoms with Gasteiger partial charge in [0, 0.05) is 13.1 Å². The lowest BCUT2D eigenvalue weighted by Crippen LogP contribution is -2.39. The van der Waals surface area contributed by atoms with Gasteiger partial charge in [0.25, 0.3) is 0 Å². The van der Waals surface area contributed by atoms with E-state index in [1.807, 2.05) is 11.0 Å². The van der Waals surface area contributed by atoms with Gasteiger partial charge >= 0.3 is 0 Å². The number of nitrogens with two attached hydrogens (primary N) is 1. The Bertz CT molecular complexity index is 318. The zero-order valence-electron chi connectivity index (χ0n) is 10.4. The van der Waals surface area contributed by atoms with E-state index >= 15 is 0 Å². The number of carbonyl (C=O) groups excluding carboxylic acids is 1. The van der Waals surface area contributed by atoms with Crippen LogP contribution in [0.1, 0.15) is 25.7 Å². The van der Waals surface area contributed by atoms with Crippen LogP contribution in [0.15, 0.2) is 4.99 Å². The smallest absolute Gasteiger partial charge is 0.242 e. The maximum atomic E-state index is 11.2. The summed E-state index contributed by atoms with van der Waals surface area (Å²) in [6, 6.07) is 1.84. The van der Waals surface area contributed by atoms with E-state index in [9.17, 15) is 4.79 Å². The minimum atomic E-state index is -0.274. The summed E-state index contributed by atoms with van der Waals surface area (Å²) in [4.78, 5) is 17.3. The third-order valence-corrected chi connectivity index (χ3v) is 2.68. The minimum Gasteiger partial charge on any atom is -0.370 e. The average molecular weight is 365 g/mol. The molecule has 1 rings (SSSR count). The second-order valence-corrected chi connectivity index (χ2v) is 4.01. The van der Waals surface area contributed by atoms with E-state index in [0.717, 1.165) is 25.9 Å². The largest absolute Gasteiger partial charge is 0.370 e. The molecular formula is C11H20IN5O. The van der Waals surface area contributed by atoms with Crippen molar-refractivity contribution in [3.63, 3.8) is 0 Å². The predicted octanol–water partition coefficient (Wildman–Crippen LogP) is 0.435. The van der Waals surface area contributed by atoms with Crippen LogP contribution in [0.4, 0.5) is 0 Å². The Morgan fingerprint density at radius 1 is 1.33 bits per heavy atom. The van der Waals surface area contributed by atoms with Crippen molar-refractivity contribution in [3.05, 3.63) is 0 Å². The number of nitrogens with one attached hydrogen (secondary N) is 1. The highest BCUT2D eigenvalue weighted by molar-refractivity contribution is 14.0. The van der Waals surface area contributed by atoms with Crippen molar-refractivity contribution in [2.24, 2.45) is 10.7 Å². The number of nitriles is 1. The van der Waals surface area contributed by atoms with E-state index in [1.165, 1.54) is 12.8 Å². The molecule has 1 aliphatic heterocycles. The van der Waals surface area contributed by atoms with Crippen LogP contribution in [0, 0.1) is 11.3 Å². The number of carbonyl (C=O) groups is 1. The maximum Gasteiger partial charge on any atom is 0.242 e. The zero-order valence-corrected chi connectivity index (χ0v) is 12.7. The fraction of sp³-hybridized carbons (Fsp3) is 0.727. The maximum absolute atomic E-state index is 11.2. The predicted molar refractivity (Wildman–Crippen MR) is 80.6 cm³/mol. The number of aliphatic imine (C=N–C) groups is 1. The number of hydrogen-bond donors (Lipinski definition) is 2. The molecule has 6 nitrogen and oxygen atoms in total. The van der Waals surface area contributed by atoms with Crippen LogP contribution in [-0.4, -0.2) is 42.9 Å². The Morgan fingerprint density at radius 3 is 2.50 bits per heavy atom. The molecule has 0 spiro atoms. The quantitative estimate of drug-likeness (QED) is 0.328. The van der Waals surface area contributed by atoms with Crippen molar-refractivity contribution in [3.8, 4) is 6.07 Å². The molecule has 0 unspecified atom stereocenters. The molecule has 0 aliphatic carbocycles. The molecular weight excluding hydrogens is 345 g/mol. The second-order valence-electron chi connectivity index (χ2n) is 4.01. The van der Waals surface area contributed by atoms with Crippen LogP contribution >= 0.6 is 24.0 Å². The van der Waals surface area contributed by atoms with Gasteiger partial charge in [0.05, 0.1) is 6.07 Å². The Hall–Kier alpha value is -1.04. The molecule has 18 heavy (non-hydrogen) atoms. The van der Waals surface area contributed by atoms with Crippen molar-refractivity contribution in [1.29, 1.82) is 5.26 Å². The lowest BCUT2D eigenvalue weighted by atomic mass is 10.2. The van der Waals surface area contributed by atoms with Crippen LogP contribution in [0.3, 0.4) is 0 Å².